The Hall–Kier alpha value is -4.22. The van der Waals surface area contributed by atoms with E-state index in [0.29, 0.717) is 36.3 Å². The molecule has 0 atom stereocenters. The number of carbonyl (C=O) groups excluding carboxylic acids is 1. The minimum Gasteiger partial charge on any atom is -0.378 e. The van der Waals surface area contributed by atoms with E-state index in [-0.39, 0.29) is 11.5 Å². The van der Waals surface area contributed by atoms with Crippen molar-refractivity contribution >= 4 is 23.2 Å². The van der Waals surface area contributed by atoms with E-state index in [1.54, 1.807) is 17.8 Å². The lowest BCUT2D eigenvalue weighted by molar-refractivity contribution is -0.0735. The van der Waals surface area contributed by atoms with Crippen molar-refractivity contribution in [2.75, 3.05) is 36.5 Å². The Bertz CT molecular complexity index is 1830. The van der Waals surface area contributed by atoms with Crippen LogP contribution in [0.15, 0.2) is 41.5 Å². The molecular weight excluding hydrogens is 556 g/mol. The van der Waals surface area contributed by atoms with Crippen molar-refractivity contribution in [3.8, 4) is 11.1 Å². The zero-order valence-corrected chi connectivity index (χ0v) is 25.4. The Morgan fingerprint density at radius 3 is 2.73 bits per heavy atom. The molecule has 0 unspecified atom stereocenters. The van der Waals surface area contributed by atoms with Crippen LogP contribution in [-0.2, 0) is 50.7 Å². The van der Waals surface area contributed by atoms with Gasteiger partial charge >= 0.3 is 0 Å². The lowest BCUT2D eigenvalue weighted by atomic mass is 9.98. The van der Waals surface area contributed by atoms with Crippen molar-refractivity contribution in [2.45, 2.75) is 64.7 Å². The van der Waals surface area contributed by atoms with E-state index in [1.165, 1.54) is 24.1 Å². The summed E-state index contributed by atoms with van der Waals surface area (Å²) in [6, 6.07) is 8.50. The summed E-state index contributed by atoms with van der Waals surface area (Å²) in [4.78, 5) is 36.2. The van der Waals surface area contributed by atoms with Gasteiger partial charge in [-0.2, -0.15) is 5.10 Å². The summed E-state index contributed by atoms with van der Waals surface area (Å²) < 4.78 is 11.3. The van der Waals surface area contributed by atoms with Crippen LogP contribution < -0.4 is 15.8 Å². The molecule has 11 heteroatoms. The third-order valence-electron chi connectivity index (χ3n) is 9.78. The first-order chi connectivity index (χ1) is 21.5. The first-order valence-corrected chi connectivity index (χ1v) is 15.9. The predicted octanol–water partition coefficient (Wildman–Crippen LogP) is 3.50. The summed E-state index contributed by atoms with van der Waals surface area (Å²) in [5.74, 6) is 1.38. The van der Waals surface area contributed by atoms with Crippen LogP contribution in [0.3, 0.4) is 0 Å². The molecule has 7 heterocycles. The van der Waals surface area contributed by atoms with Gasteiger partial charge in [0, 0.05) is 68.5 Å². The molecule has 228 valence electrons. The molecule has 8 rings (SSSR count). The van der Waals surface area contributed by atoms with E-state index >= 15 is 0 Å². The maximum Gasteiger partial charge on any atom is 0.276 e. The van der Waals surface area contributed by atoms with Crippen LogP contribution in [0.2, 0.25) is 0 Å². The van der Waals surface area contributed by atoms with Gasteiger partial charge in [0.1, 0.15) is 17.2 Å². The summed E-state index contributed by atoms with van der Waals surface area (Å²) in [5.41, 5.74) is 7.75. The monoisotopic (exact) mass is 594 g/mol. The average Bonchev–Trinajstić information content (AvgIpc) is 3.59. The van der Waals surface area contributed by atoms with Gasteiger partial charge in [-0.25, -0.2) is 4.98 Å². The van der Waals surface area contributed by atoms with Gasteiger partial charge in [0.05, 0.1) is 31.5 Å². The number of anilines is 3. The summed E-state index contributed by atoms with van der Waals surface area (Å²) >= 11 is 0. The number of rotatable bonds is 6. The Morgan fingerprint density at radius 1 is 1.05 bits per heavy atom. The van der Waals surface area contributed by atoms with E-state index in [9.17, 15) is 9.59 Å². The van der Waals surface area contributed by atoms with Crippen LogP contribution in [0, 0.1) is 0 Å². The number of ether oxygens (including phenoxy) is 1. The second kappa shape index (κ2) is 10.7. The van der Waals surface area contributed by atoms with Gasteiger partial charge in [0.15, 0.2) is 5.82 Å². The fraction of sp³-hybridized carbons (Fsp3) is 0.455. The van der Waals surface area contributed by atoms with Gasteiger partial charge in [-0.15, -0.1) is 0 Å². The molecular formula is C33H38N8O3. The molecule has 4 aromatic rings. The molecule has 1 saturated heterocycles. The Balaban J connectivity index is 1.10. The smallest absolute Gasteiger partial charge is 0.276 e. The molecule has 0 bridgehead atoms. The third-order valence-corrected chi connectivity index (χ3v) is 9.78. The summed E-state index contributed by atoms with van der Waals surface area (Å²) in [6.07, 6.45) is 8.81. The Kier molecular flexibility index (Phi) is 6.67. The third kappa shape index (κ3) is 4.48. The fourth-order valence-corrected chi connectivity index (χ4v) is 7.35. The summed E-state index contributed by atoms with van der Waals surface area (Å²) in [7, 11) is 1.77. The number of pyridine rings is 2. The molecule has 0 radical (unpaired) electrons. The molecule has 1 aliphatic carbocycles. The van der Waals surface area contributed by atoms with Crippen LogP contribution in [0.4, 0.5) is 17.3 Å². The summed E-state index contributed by atoms with van der Waals surface area (Å²) in [6.45, 7) is 7.62. The van der Waals surface area contributed by atoms with Gasteiger partial charge in [0.2, 0.25) is 0 Å². The van der Waals surface area contributed by atoms with E-state index in [0.717, 1.165) is 80.3 Å². The molecule has 4 aliphatic rings. The van der Waals surface area contributed by atoms with Crippen LogP contribution in [-0.4, -0.2) is 67.1 Å². The maximum absolute atomic E-state index is 13.9. The minimum absolute atomic E-state index is 0.0139. The molecule has 1 N–H and O–H groups in total. The van der Waals surface area contributed by atoms with Gasteiger partial charge in [-0.05, 0) is 61.4 Å². The highest BCUT2D eigenvalue weighted by Crippen LogP contribution is 2.35. The van der Waals surface area contributed by atoms with Crippen molar-refractivity contribution in [3.05, 3.63) is 75.2 Å². The number of nitrogens with one attached hydrogen (secondary N) is 1. The van der Waals surface area contributed by atoms with E-state index < -0.39 is 0 Å². The summed E-state index contributed by atoms with van der Waals surface area (Å²) in [5, 5.41) is 8.08. The van der Waals surface area contributed by atoms with Crippen LogP contribution in [0.25, 0.3) is 11.1 Å². The zero-order valence-electron chi connectivity index (χ0n) is 25.4. The number of nitrogens with zero attached hydrogens (tertiary/aromatic N) is 7. The van der Waals surface area contributed by atoms with Crippen molar-refractivity contribution in [1.82, 2.24) is 28.8 Å². The van der Waals surface area contributed by atoms with E-state index in [2.05, 4.69) is 27.8 Å². The van der Waals surface area contributed by atoms with Gasteiger partial charge in [-0.3, -0.25) is 24.1 Å². The molecule has 0 saturated carbocycles. The highest BCUT2D eigenvalue weighted by molar-refractivity contribution is 6.06. The van der Waals surface area contributed by atoms with Crippen molar-refractivity contribution in [2.24, 2.45) is 7.05 Å². The molecule has 4 aromatic heterocycles. The Labute approximate surface area is 256 Å². The second-order valence-corrected chi connectivity index (χ2v) is 12.4. The lowest BCUT2D eigenvalue weighted by Gasteiger charge is -2.39. The normalized spacial score (nSPS) is 18.5. The SMILES string of the molecule is CCc1c(-c2cc(Nc3cc4n(n3)CCN(C3COC3)C4)c(=O)n(C)c2)ccnc1N1CCn2c(cc3c2CCCC3)C1=O. The molecule has 11 nitrogen and oxygen atoms in total. The van der Waals surface area contributed by atoms with E-state index in [4.69, 9.17) is 14.8 Å². The van der Waals surface area contributed by atoms with Crippen LogP contribution >= 0.6 is 0 Å². The van der Waals surface area contributed by atoms with Crippen molar-refractivity contribution in [1.29, 1.82) is 0 Å². The first-order valence-electron chi connectivity index (χ1n) is 15.9. The van der Waals surface area contributed by atoms with E-state index in [1.807, 2.05) is 34.0 Å². The fourth-order valence-electron chi connectivity index (χ4n) is 7.35. The standard InChI is InChI=1S/C33H38N8O3/c1-3-25-26(8-9-34-31(25)40-12-11-39-28-7-5-4-6-21(28)15-29(39)33(40)43)22-14-27(32(42)37(2)17-22)35-30-16-23-18-38(24-19-44-20-24)10-13-41(23)36-30/h8-9,14-17,24H,3-7,10-13,18-20H2,1-2H3,(H,35,36). The number of hydrogen-bond donors (Lipinski definition) is 1. The highest BCUT2D eigenvalue weighted by Gasteiger charge is 2.33. The molecule has 1 amide bonds. The molecule has 0 spiro atoms. The Morgan fingerprint density at radius 2 is 1.91 bits per heavy atom. The predicted molar refractivity (Wildman–Crippen MR) is 168 cm³/mol. The molecule has 0 aromatic carbocycles. The highest BCUT2D eigenvalue weighted by atomic mass is 16.5. The topological polar surface area (TPSA) is 102 Å². The number of amides is 1. The zero-order chi connectivity index (χ0) is 29.9. The van der Waals surface area contributed by atoms with Gasteiger partial charge in [-0.1, -0.05) is 6.92 Å². The number of aromatic nitrogens is 5. The maximum atomic E-state index is 13.9. The number of aryl methyl sites for hydroxylation is 2. The quantitative estimate of drug-likeness (QED) is 0.365. The van der Waals surface area contributed by atoms with Crippen molar-refractivity contribution in [3.63, 3.8) is 0 Å². The van der Waals surface area contributed by atoms with Crippen molar-refractivity contribution < 1.29 is 9.53 Å². The molecule has 44 heavy (non-hydrogen) atoms. The average molecular weight is 595 g/mol. The minimum atomic E-state index is -0.128. The second-order valence-electron chi connectivity index (χ2n) is 12.4. The number of fused-ring (bicyclic) bond motifs is 4. The first kappa shape index (κ1) is 27.3. The van der Waals surface area contributed by atoms with Gasteiger partial charge < -0.3 is 19.2 Å². The van der Waals surface area contributed by atoms with Gasteiger partial charge in [0.25, 0.3) is 11.5 Å². The molecule has 1 fully saturated rings. The lowest BCUT2D eigenvalue weighted by Crippen LogP contribution is -2.51. The number of carbonyl (C=O) groups is 1. The molecule has 3 aliphatic heterocycles. The van der Waals surface area contributed by atoms with Crippen LogP contribution in [0.1, 0.15) is 52.8 Å². The largest absolute Gasteiger partial charge is 0.378 e. The van der Waals surface area contributed by atoms with Crippen LogP contribution in [0.5, 0.6) is 0 Å². The number of hydrogen-bond acceptors (Lipinski definition) is 7.